The van der Waals surface area contributed by atoms with E-state index in [-0.39, 0.29) is 5.91 Å². The van der Waals surface area contributed by atoms with Crippen molar-refractivity contribution in [1.29, 1.82) is 0 Å². The van der Waals surface area contributed by atoms with Crippen LogP contribution in [0.2, 0.25) is 10.0 Å². The Morgan fingerprint density at radius 3 is 2.59 bits per heavy atom. The lowest BCUT2D eigenvalue weighted by atomic mass is 10.2. The van der Waals surface area contributed by atoms with Crippen molar-refractivity contribution in [2.24, 2.45) is 0 Å². The second-order valence-electron chi connectivity index (χ2n) is 7.33. The lowest BCUT2D eigenvalue weighted by Crippen LogP contribution is -2.07. The summed E-state index contributed by atoms with van der Waals surface area (Å²) in [5.74, 6) is 1.25. The van der Waals surface area contributed by atoms with Gasteiger partial charge in [0.05, 0.1) is 15.6 Å². The zero-order chi connectivity index (χ0) is 23.7. The monoisotopic (exact) mass is 552 g/mol. The predicted octanol–water partition coefficient (Wildman–Crippen LogP) is 8.48. The maximum atomic E-state index is 12.4. The van der Waals surface area contributed by atoms with E-state index < -0.39 is 0 Å². The van der Waals surface area contributed by atoms with E-state index in [2.05, 4.69) is 26.2 Å². The van der Waals surface area contributed by atoms with Crippen LogP contribution >= 0.6 is 39.1 Å². The number of hydrogen-bond acceptors (Lipinski definition) is 4. The summed E-state index contributed by atoms with van der Waals surface area (Å²) in [6.07, 6.45) is 2.99. The Morgan fingerprint density at radius 1 is 0.912 bits per heavy atom. The molecule has 2 heterocycles. The molecule has 3 aromatic carbocycles. The molecule has 0 atom stereocenters. The molecule has 5 aromatic rings. The molecule has 8 heteroatoms. The number of fused-ring (bicyclic) bond motifs is 1. The average molecular weight is 554 g/mol. The minimum atomic E-state index is -0.311. The van der Waals surface area contributed by atoms with Crippen LogP contribution in [0.25, 0.3) is 40.0 Å². The maximum absolute atomic E-state index is 12.4. The lowest BCUT2D eigenvalue weighted by molar-refractivity contribution is -0.111. The molecule has 0 aliphatic carbocycles. The van der Waals surface area contributed by atoms with Crippen LogP contribution in [0, 0.1) is 0 Å². The predicted molar refractivity (Wildman–Crippen MR) is 139 cm³/mol. The zero-order valence-electron chi connectivity index (χ0n) is 17.4. The summed E-state index contributed by atoms with van der Waals surface area (Å²) in [6.45, 7) is 0. The molecule has 0 bridgehead atoms. The number of halogens is 3. The summed E-state index contributed by atoms with van der Waals surface area (Å²) in [6, 6.07) is 21.7. The molecule has 0 aliphatic rings. The normalized spacial score (nSPS) is 11.4. The highest BCUT2D eigenvalue weighted by atomic mass is 79.9. The number of carbonyl (C=O) groups excluding carboxylic acids is 1. The van der Waals surface area contributed by atoms with Crippen LogP contribution in [0.1, 0.15) is 5.76 Å². The maximum Gasteiger partial charge on any atom is 0.248 e. The van der Waals surface area contributed by atoms with Gasteiger partial charge in [-0.2, -0.15) is 0 Å². The number of hydrogen-bond donors (Lipinski definition) is 1. The van der Waals surface area contributed by atoms with Crippen LogP contribution in [-0.2, 0) is 4.79 Å². The summed E-state index contributed by atoms with van der Waals surface area (Å²) < 4.78 is 12.5. The highest BCUT2D eigenvalue weighted by Gasteiger charge is 2.13. The first kappa shape index (κ1) is 22.5. The van der Waals surface area contributed by atoms with Crippen molar-refractivity contribution < 1.29 is 13.6 Å². The molecule has 2 aromatic heterocycles. The molecule has 34 heavy (non-hydrogen) atoms. The van der Waals surface area contributed by atoms with Gasteiger partial charge < -0.3 is 14.2 Å². The van der Waals surface area contributed by atoms with E-state index in [9.17, 15) is 4.79 Å². The Kier molecular flexibility index (Phi) is 6.28. The smallest absolute Gasteiger partial charge is 0.248 e. The van der Waals surface area contributed by atoms with Gasteiger partial charge in [0.25, 0.3) is 0 Å². The van der Waals surface area contributed by atoms with Gasteiger partial charge in [-0.1, -0.05) is 51.3 Å². The number of benzene rings is 3. The van der Waals surface area contributed by atoms with E-state index in [4.69, 9.17) is 32.0 Å². The van der Waals surface area contributed by atoms with Gasteiger partial charge in [-0.05, 0) is 66.7 Å². The molecule has 0 saturated carbocycles. The molecule has 168 valence electrons. The number of nitrogens with one attached hydrogen (secondary N) is 1. The van der Waals surface area contributed by atoms with Crippen molar-refractivity contribution in [2.45, 2.75) is 0 Å². The number of anilines is 1. The number of nitrogens with zero attached hydrogens (tertiary/aromatic N) is 1. The fourth-order valence-electron chi connectivity index (χ4n) is 3.37. The molecule has 5 rings (SSSR count). The first-order valence-corrected chi connectivity index (χ1v) is 11.7. The van der Waals surface area contributed by atoms with E-state index in [0.29, 0.717) is 49.8 Å². The number of rotatable bonds is 5. The Balaban J connectivity index is 1.30. The van der Waals surface area contributed by atoms with Gasteiger partial charge in [0.1, 0.15) is 17.0 Å². The third kappa shape index (κ3) is 4.80. The van der Waals surface area contributed by atoms with Crippen molar-refractivity contribution in [3.8, 4) is 22.8 Å². The third-order valence-corrected chi connectivity index (χ3v) is 6.13. The quantitative estimate of drug-likeness (QED) is 0.221. The van der Waals surface area contributed by atoms with E-state index in [1.807, 2.05) is 36.4 Å². The van der Waals surface area contributed by atoms with Gasteiger partial charge in [0, 0.05) is 21.8 Å². The highest BCUT2D eigenvalue weighted by molar-refractivity contribution is 9.10. The zero-order valence-corrected chi connectivity index (χ0v) is 20.5. The number of amides is 1. The van der Waals surface area contributed by atoms with Crippen LogP contribution in [0.5, 0.6) is 0 Å². The van der Waals surface area contributed by atoms with E-state index in [0.717, 1.165) is 10.0 Å². The molecule has 1 N–H and O–H groups in total. The molecule has 0 radical (unpaired) electrons. The summed E-state index contributed by atoms with van der Waals surface area (Å²) in [4.78, 5) is 17.0. The molecule has 0 aliphatic heterocycles. The number of furan rings is 1. The van der Waals surface area contributed by atoms with E-state index in [1.165, 1.54) is 6.08 Å². The molecule has 0 saturated heterocycles. The Bertz CT molecular complexity index is 1560. The average Bonchev–Trinajstić information content (AvgIpc) is 3.46. The van der Waals surface area contributed by atoms with Gasteiger partial charge >= 0.3 is 0 Å². The standard InChI is InChI=1S/C26H15BrCl2N2O3/c27-15-5-9-21(29)19(13-15)26-31-22-14-16(6-10-24(22)34-26)30-25(32)12-8-17-7-11-23(33-17)18-3-1-2-4-20(18)28/h1-14H,(H,30,32)/b12-8+. The second-order valence-corrected chi connectivity index (χ2v) is 9.06. The van der Waals surface area contributed by atoms with Crippen LogP contribution in [0.15, 0.2) is 92.2 Å². The number of oxazole rings is 1. The van der Waals surface area contributed by atoms with Crippen LogP contribution in [0.4, 0.5) is 5.69 Å². The van der Waals surface area contributed by atoms with Crippen LogP contribution < -0.4 is 5.32 Å². The van der Waals surface area contributed by atoms with Gasteiger partial charge in [0.2, 0.25) is 11.8 Å². The van der Waals surface area contributed by atoms with Crippen molar-refractivity contribution >= 4 is 67.9 Å². The molecular formula is C26H15BrCl2N2O3. The van der Waals surface area contributed by atoms with Crippen LogP contribution in [-0.4, -0.2) is 10.9 Å². The Morgan fingerprint density at radius 2 is 1.74 bits per heavy atom. The SMILES string of the molecule is O=C(/C=C/c1ccc(-c2ccccc2Cl)o1)Nc1ccc2oc(-c3cc(Br)ccc3Cl)nc2c1. The molecular weight excluding hydrogens is 539 g/mol. The molecule has 0 spiro atoms. The van der Waals surface area contributed by atoms with Crippen molar-refractivity contribution in [2.75, 3.05) is 5.32 Å². The number of carbonyl (C=O) groups is 1. The second kappa shape index (κ2) is 9.50. The molecule has 0 fully saturated rings. The first-order chi connectivity index (χ1) is 16.5. The lowest BCUT2D eigenvalue weighted by Gasteiger charge is -2.01. The fraction of sp³-hybridized carbons (Fsp3) is 0. The van der Waals surface area contributed by atoms with Crippen LogP contribution in [0.3, 0.4) is 0 Å². The molecule has 0 unspecified atom stereocenters. The van der Waals surface area contributed by atoms with E-state index in [1.54, 1.807) is 42.5 Å². The van der Waals surface area contributed by atoms with Crippen molar-refractivity contribution in [3.63, 3.8) is 0 Å². The topological polar surface area (TPSA) is 68.3 Å². The largest absolute Gasteiger partial charge is 0.457 e. The minimum absolute atomic E-state index is 0.311. The highest BCUT2D eigenvalue weighted by Crippen LogP contribution is 2.33. The van der Waals surface area contributed by atoms with Gasteiger partial charge in [0.15, 0.2) is 5.58 Å². The van der Waals surface area contributed by atoms with Gasteiger partial charge in [-0.25, -0.2) is 4.98 Å². The van der Waals surface area contributed by atoms with Crippen molar-refractivity contribution in [1.82, 2.24) is 4.98 Å². The molecule has 5 nitrogen and oxygen atoms in total. The Hall–Kier alpha value is -3.32. The van der Waals surface area contributed by atoms with Gasteiger partial charge in [-0.15, -0.1) is 0 Å². The number of aromatic nitrogens is 1. The minimum Gasteiger partial charge on any atom is -0.457 e. The van der Waals surface area contributed by atoms with E-state index >= 15 is 0 Å². The summed E-state index contributed by atoms with van der Waals surface area (Å²) >= 11 is 15.9. The third-order valence-electron chi connectivity index (χ3n) is 4.98. The fourth-order valence-corrected chi connectivity index (χ4v) is 4.16. The summed E-state index contributed by atoms with van der Waals surface area (Å²) in [5, 5.41) is 3.95. The Labute approximate surface area is 213 Å². The molecule has 1 amide bonds. The van der Waals surface area contributed by atoms with Gasteiger partial charge in [-0.3, -0.25) is 4.79 Å². The summed E-state index contributed by atoms with van der Waals surface area (Å²) in [7, 11) is 0. The van der Waals surface area contributed by atoms with Crippen molar-refractivity contribution in [3.05, 3.63) is 99.2 Å². The summed E-state index contributed by atoms with van der Waals surface area (Å²) in [5.41, 5.74) is 3.23. The first-order valence-electron chi connectivity index (χ1n) is 10.2.